The van der Waals surface area contributed by atoms with E-state index in [4.69, 9.17) is 9.15 Å². The fraction of sp³-hybridized carbons (Fsp3) is 0.471. The molecule has 0 spiro atoms. The summed E-state index contributed by atoms with van der Waals surface area (Å²) in [5.41, 5.74) is 0.895. The molecule has 1 unspecified atom stereocenters. The number of hydrogen-bond donors (Lipinski definition) is 1. The quantitative estimate of drug-likeness (QED) is 0.581. The van der Waals surface area contributed by atoms with Gasteiger partial charge in [0.1, 0.15) is 10.8 Å². The van der Waals surface area contributed by atoms with Crippen LogP contribution in [0.3, 0.4) is 0 Å². The summed E-state index contributed by atoms with van der Waals surface area (Å²) in [5.74, 6) is 1.55. The number of furan rings is 1. The number of aryl methyl sites for hydroxylation is 2. The van der Waals surface area contributed by atoms with E-state index in [0.29, 0.717) is 16.8 Å². The highest BCUT2D eigenvalue weighted by Crippen LogP contribution is 2.29. The maximum absolute atomic E-state index is 12.3. The molecular formula is C17H20N6O3S2. The lowest BCUT2D eigenvalue weighted by Gasteiger charge is -2.14. The minimum atomic E-state index is -0.158. The number of hydrogen-bond acceptors (Lipinski definition) is 9. The van der Waals surface area contributed by atoms with Gasteiger partial charge < -0.3 is 9.15 Å². The van der Waals surface area contributed by atoms with Crippen molar-refractivity contribution in [2.75, 3.05) is 17.7 Å². The first-order chi connectivity index (χ1) is 13.6. The zero-order valence-corrected chi connectivity index (χ0v) is 17.2. The van der Waals surface area contributed by atoms with Gasteiger partial charge in [-0.05, 0) is 32.8 Å². The minimum absolute atomic E-state index is 0.125. The highest BCUT2D eigenvalue weighted by atomic mass is 32.2. The van der Waals surface area contributed by atoms with Crippen LogP contribution in [0.15, 0.2) is 21.9 Å². The Kier molecular flexibility index (Phi) is 5.74. The van der Waals surface area contributed by atoms with Crippen molar-refractivity contribution < 1.29 is 13.9 Å². The molecule has 3 aromatic heterocycles. The maximum atomic E-state index is 12.3. The van der Waals surface area contributed by atoms with Crippen LogP contribution in [0, 0.1) is 13.8 Å². The van der Waals surface area contributed by atoms with Crippen LogP contribution in [0.1, 0.15) is 23.6 Å². The van der Waals surface area contributed by atoms with Gasteiger partial charge in [0.05, 0.1) is 30.2 Å². The number of carbonyl (C=O) groups excluding carboxylic acids is 1. The van der Waals surface area contributed by atoms with Gasteiger partial charge in [0.25, 0.3) is 0 Å². The number of rotatable bonds is 7. The van der Waals surface area contributed by atoms with E-state index in [1.54, 1.807) is 6.26 Å². The molecule has 0 aliphatic carbocycles. The number of carbonyl (C=O) groups is 1. The van der Waals surface area contributed by atoms with Crippen molar-refractivity contribution in [3.63, 3.8) is 0 Å². The molecule has 9 nitrogen and oxygen atoms in total. The SMILES string of the molecule is Cc1nnc(NC(=O)CSc2nnc(-c3ccoc3C)n2CC2CCCO2)s1. The second-order valence-electron chi connectivity index (χ2n) is 6.41. The van der Waals surface area contributed by atoms with Crippen molar-refractivity contribution in [2.45, 2.75) is 44.5 Å². The summed E-state index contributed by atoms with van der Waals surface area (Å²) in [5, 5.41) is 21.2. The van der Waals surface area contributed by atoms with Crippen molar-refractivity contribution in [2.24, 2.45) is 0 Å². The molecule has 0 bridgehead atoms. The van der Waals surface area contributed by atoms with Gasteiger partial charge in [-0.2, -0.15) is 0 Å². The Morgan fingerprint density at radius 1 is 1.36 bits per heavy atom. The lowest BCUT2D eigenvalue weighted by molar-refractivity contribution is -0.113. The van der Waals surface area contributed by atoms with Crippen LogP contribution in [0.4, 0.5) is 5.13 Å². The summed E-state index contributed by atoms with van der Waals surface area (Å²) in [7, 11) is 0. The Balaban J connectivity index is 1.50. The Bertz CT molecular complexity index is 960. The average molecular weight is 421 g/mol. The Morgan fingerprint density at radius 3 is 2.93 bits per heavy atom. The fourth-order valence-electron chi connectivity index (χ4n) is 3.00. The summed E-state index contributed by atoms with van der Waals surface area (Å²) in [6.07, 6.45) is 3.82. The van der Waals surface area contributed by atoms with Crippen molar-refractivity contribution in [1.82, 2.24) is 25.0 Å². The Morgan fingerprint density at radius 2 is 2.25 bits per heavy atom. The largest absolute Gasteiger partial charge is 0.469 e. The van der Waals surface area contributed by atoms with Crippen molar-refractivity contribution in [3.8, 4) is 11.4 Å². The number of amides is 1. The van der Waals surface area contributed by atoms with E-state index >= 15 is 0 Å². The molecular weight excluding hydrogens is 400 g/mol. The van der Waals surface area contributed by atoms with Gasteiger partial charge in [-0.1, -0.05) is 23.1 Å². The molecule has 0 aromatic carbocycles. The van der Waals surface area contributed by atoms with E-state index in [9.17, 15) is 4.79 Å². The zero-order chi connectivity index (χ0) is 19.5. The molecule has 1 aliphatic rings. The van der Waals surface area contributed by atoms with E-state index in [2.05, 4.69) is 25.7 Å². The number of aromatic nitrogens is 5. The predicted octanol–water partition coefficient (Wildman–Crippen LogP) is 2.92. The summed E-state index contributed by atoms with van der Waals surface area (Å²) in [6, 6.07) is 1.88. The van der Waals surface area contributed by atoms with Gasteiger partial charge in [0.15, 0.2) is 11.0 Å². The van der Waals surface area contributed by atoms with Gasteiger partial charge in [0, 0.05) is 6.61 Å². The minimum Gasteiger partial charge on any atom is -0.469 e. The number of anilines is 1. The molecule has 1 amide bonds. The molecule has 11 heteroatoms. The standard InChI is InChI=1S/C17H20N6O3S2/c1-10-13(5-7-25-10)15-20-22-17(23(15)8-12-4-3-6-26-12)27-9-14(24)18-16-21-19-11(2)28-16/h5,7,12H,3-4,6,8-9H2,1-2H3,(H,18,21,24). The Labute approximate surface area is 169 Å². The molecule has 148 valence electrons. The van der Waals surface area contributed by atoms with Crippen LogP contribution in [0.2, 0.25) is 0 Å². The van der Waals surface area contributed by atoms with Gasteiger partial charge in [0.2, 0.25) is 11.0 Å². The van der Waals surface area contributed by atoms with Crippen LogP contribution in [0.25, 0.3) is 11.4 Å². The molecule has 1 aliphatic heterocycles. The molecule has 1 fully saturated rings. The smallest absolute Gasteiger partial charge is 0.236 e. The summed E-state index contributed by atoms with van der Waals surface area (Å²) >= 11 is 2.68. The van der Waals surface area contributed by atoms with Gasteiger partial charge >= 0.3 is 0 Å². The molecule has 4 rings (SSSR count). The zero-order valence-electron chi connectivity index (χ0n) is 15.5. The second kappa shape index (κ2) is 8.41. The predicted molar refractivity (Wildman–Crippen MR) is 105 cm³/mol. The van der Waals surface area contributed by atoms with Gasteiger partial charge in [-0.3, -0.25) is 14.7 Å². The molecule has 3 aromatic rings. The molecule has 0 saturated carbocycles. The van der Waals surface area contributed by atoms with Crippen molar-refractivity contribution in [1.29, 1.82) is 0 Å². The fourth-order valence-corrected chi connectivity index (χ4v) is 4.36. The third-order valence-corrected chi connectivity index (χ3v) is 6.05. The molecule has 1 atom stereocenters. The van der Waals surface area contributed by atoms with Gasteiger partial charge in [-0.25, -0.2) is 0 Å². The lowest BCUT2D eigenvalue weighted by atomic mass is 10.2. The maximum Gasteiger partial charge on any atom is 0.236 e. The normalized spacial score (nSPS) is 16.6. The number of nitrogens with one attached hydrogen (secondary N) is 1. The van der Waals surface area contributed by atoms with Crippen LogP contribution >= 0.6 is 23.1 Å². The molecule has 1 N–H and O–H groups in total. The highest BCUT2D eigenvalue weighted by Gasteiger charge is 2.23. The topological polar surface area (TPSA) is 108 Å². The second-order valence-corrected chi connectivity index (χ2v) is 8.53. The third-order valence-electron chi connectivity index (χ3n) is 4.33. The van der Waals surface area contributed by atoms with Crippen LogP contribution in [0.5, 0.6) is 0 Å². The first-order valence-electron chi connectivity index (χ1n) is 8.92. The molecule has 4 heterocycles. The molecule has 0 radical (unpaired) electrons. The first kappa shape index (κ1) is 19.1. The number of ether oxygens (including phenoxy) is 1. The summed E-state index contributed by atoms with van der Waals surface area (Å²) in [6.45, 7) is 5.16. The summed E-state index contributed by atoms with van der Waals surface area (Å²) in [4.78, 5) is 12.3. The number of nitrogens with zero attached hydrogens (tertiary/aromatic N) is 5. The Hall–Kier alpha value is -2.24. The highest BCUT2D eigenvalue weighted by molar-refractivity contribution is 7.99. The molecule has 28 heavy (non-hydrogen) atoms. The van der Waals surface area contributed by atoms with E-state index in [0.717, 1.165) is 41.6 Å². The van der Waals surface area contributed by atoms with E-state index < -0.39 is 0 Å². The van der Waals surface area contributed by atoms with Crippen molar-refractivity contribution in [3.05, 3.63) is 23.1 Å². The van der Waals surface area contributed by atoms with Crippen molar-refractivity contribution >= 4 is 34.1 Å². The van der Waals surface area contributed by atoms with Crippen LogP contribution in [-0.4, -0.2) is 49.3 Å². The van der Waals surface area contributed by atoms with Crippen LogP contribution in [-0.2, 0) is 16.1 Å². The van der Waals surface area contributed by atoms with E-state index in [1.807, 2.05) is 24.5 Å². The van der Waals surface area contributed by atoms with Crippen LogP contribution < -0.4 is 5.32 Å². The van der Waals surface area contributed by atoms with E-state index in [1.165, 1.54) is 23.1 Å². The molecule has 1 saturated heterocycles. The summed E-state index contributed by atoms with van der Waals surface area (Å²) < 4.78 is 13.2. The number of thioether (sulfide) groups is 1. The average Bonchev–Trinajstić information content (AvgIpc) is 3.44. The first-order valence-corrected chi connectivity index (χ1v) is 10.7. The monoisotopic (exact) mass is 420 g/mol. The lowest BCUT2D eigenvalue weighted by Crippen LogP contribution is -2.18. The van der Waals surface area contributed by atoms with Gasteiger partial charge in [-0.15, -0.1) is 20.4 Å². The van der Waals surface area contributed by atoms with E-state index in [-0.39, 0.29) is 17.8 Å². The third kappa shape index (κ3) is 4.26.